The molecule has 1 aliphatic heterocycles. The van der Waals surface area contributed by atoms with Crippen LogP contribution in [0.3, 0.4) is 0 Å². The highest BCUT2D eigenvalue weighted by atomic mass is 19.1. The monoisotopic (exact) mass is 222 g/mol. The summed E-state index contributed by atoms with van der Waals surface area (Å²) in [6.45, 7) is 2.06. The molecule has 1 atom stereocenters. The predicted octanol–water partition coefficient (Wildman–Crippen LogP) is 2.36. The van der Waals surface area contributed by atoms with Crippen molar-refractivity contribution in [1.82, 2.24) is 5.32 Å². The summed E-state index contributed by atoms with van der Waals surface area (Å²) < 4.78 is 13.8. The summed E-state index contributed by atoms with van der Waals surface area (Å²) in [6, 6.07) is 5.61. The maximum atomic E-state index is 13.8. The van der Waals surface area contributed by atoms with Crippen molar-refractivity contribution in [2.45, 2.75) is 18.8 Å². The van der Waals surface area contributed by atoms with Crippen molar-refractivity contribution in [3.8, 4) is 0 Å². The Morgan fingerprint density at radius 2 is 2.19 bits per heavy atom. The lowest BCUT2D eigenvalue weighted by atomic mass is 9.91. The van der Waals surface area contributed by atoms with Crippen molar-refractivity contribution in [2.24, 2.45) is 0 Å². The Morgan fingerprint density at radius 3 is 2.75 bits per heavy atom. The summed E-state index contributed by atoms with van der Waals surface area (Å²) in [5.74, 6) is 0.354. The molecule has 0 amide bonds. The van der Waals surface area contributed by atoms with Crippen molar-refractivity contribution in [3.05, 3.63) is 29.6 Å². The molecule has 1 heterocycles. The van der Waals surface area contributed by atoms with E-state index < -0.39 is 0 Å². The van der Waals surface area contributed by atoms with Gasteiger partial charge in [0.1, 0.15) is 5.82 Å². The van der Waals surface area contributed by atoms with Crippen LogP contribution < -0.4 is 10.2 Å². The van der Waals surface area contributed by atoms with Crippen LogP contribution in [0.4, 0.5) is 10.1 Å². The molecule has 1 aliphatic rings. The first-order chi connectivity index (χ1) is 7.68. The molecule has 1 fully saturated rings. The van der Waals surface area contributed by atoms with Crippen LogP contribution in [0.5, 0.6) is 0 Å². The molecule has 2 rings (SSSR count). The molecular formula is C13H19FN2. The van der Waals surface area contributed by atoms with E-state index in [2.05, 4.69) is 11.4 Å². The van der Waals surface area contributed by atoms with Crippen LogP contribution in [0.2, 0.25) is 0 Å². The summed E-state index contributed by atoms with van der Waals surface area (Å²) in [6.07, 6.45) is 2.34. The van der Waals surface area contributed by atoms with Crippen molar-refractivity contribution in [3.63, 3.8) is 0 Å². The Hall–Kier alpha value is -1.09. The SMILES string of the molecule is CN(C)c1ccc(C2CCCNC2)cc1F. The van der Waals surface area contributed by atoms with Gasteiger partial charge in [-0.1, -0.05) is 6.07 Å². The van der Waals surface area contributed by atoms with Gasteiger partial charge in [0.2, 0.25) is 0 Å². The first-order valence-corrected chi connectivity index (χ1v) is 5.86. The van der Waals surface area contributed by atoms with Crippen LogP contribution in [-0.2, 0) is 0 Å². The molecule has 1 aromatic carbocycles. The molecule has 16 heavy (non-hydrogen) atoms. The standard InChI is InChI=1S/C13H19FN2/c1-16(2)13-6-5-10(8-12(13)14)11-4-3-7-15-9-11/h5-6,8,11,15H,3-4,7,9H2,1-2H3. The van der Waals surface area contributed by atoms with Gasteiger partial charge in [-0.25, -0.2) is 4.39 Å². The lowest BCUT2D eigenvalue weighted by Gasteiger charge is -2.24. The van der Waals surface area contributed by atoms with E-state index in [1.54, 1.807) is 11.0 Å². The molecule has 3 heteroatoms. The minimum Gasteiger partial charge on any atom is -0.375 e. The zero-order valence-electron chi connectivity index (χ0n) is 9.96. The number of nitrogens with one attached hydrogen (secondary N) is 1. The largest absolute Gasteiger partial charge is 0.375 e. The maximum absolute atomic E-state index is 13.8. The number of hydrogen-bond acceptors (Lipinski definition) is 2. The second kappa shape index (κ2) is 4.83. The van der Waals surface area contributed by atoms with E-state index in [0.29, 0.717) is 11.6 Å². The van der Waals surface area contributed by atoms with Gasteiger partial charge in [-0.3, -0.25) is 0 Å². The first kappa shape index (κ1) is 11.4. The number of benzene rings is 1. The fraction of sp³-hybridized carbons (Fsp3) is 0.538. The predicted molar refractivity (Wildman–Crippen MR) is 65.6 cm³/mol. The van der Waals surface area contributed by atoms with E-state index in [9.17, 15) is 4.39 Å². The number of hydrogen-bond donors (Lipinski definition) is 1. The number of nitrogens with zero attached hydrogens (tertiary/aromatic N) is 1. The van der Waals surface area contributed by atoms with Crippen LogP contribution in [0, 0.1) is 5.82 Å². The smallest absolute Gasteiger partial charge is 0.146 e. The molecule has 0 bridgehead atoms. The molecule has 0 radical (unpaired) electrons. The summed E-state index contributed by atoms with van der Waals surface area (Å²) in [5, 5.41) is 3.36. The maximum Gasteiger partial charge on any atom is 0.146 e. The third-order valence-electron chi connectivity index (χ3n) is 3.22. The van der Waals surface area contributed by atoms with Crippen LogP contribution in [0.15, 0.2) is 18.2 Å². The number of halogens is 1. The van der Waals surface area contributed by atoms with Gasteiger partial charge >= 0.3 is 0 Å². The molecule has 0 spiro atoms. The molecule has 0 saturated carbocycles. The molecule has 1 saturated heterocycles. The van der Waals surface area contributed by atoms with Gasteiger partial charge in [0, 0.05) is 20.6 Å². The lowest BCUT2D eigenvalue weighted by Crippen LogP contribution is -2.28. The highest BCUT2D eigenvalue weighted by molar-refractivity contribution is 5.48. The molecule has 1 N–H and O–H groups in total. The van der Waals surface area contributed by atoms with Gasteiger partial charge in [0.05, 0.1) is 5.69 Å². The molecule has 0 aromatic heterocycles. The highest BCUT2D eigenvalue weighted by Crippen LogP contribution is 2.27. The quantitative estimate of drug-likeness (QED) is 0.826. The van der Waals surface area contributed by atoms with Gasteiger partial charge in [-0.2, -0.15) is 0 Å². The topological polar surface area (TPSA) is 15.3 Å². The summed E-state index contributed by atoms with van der Waals surface area (Å²) in [5.41, 5.74) is 1.78. The van der Waals surface area contributed by atoms with Crippen LogP contribution in [0.1, 0.15) is 24.3 Å². The average Bonchev–Trinajstić information content (AvgIpc) is 2.29. The van der Waals surface area contributed by atoms with E-state index in [4.69, 9.17) is 0 Å². The normalized spacial score (nSPS) is 20.8. The highest BCUT2D eigenvalue weighted by Gasteiger charge is 2.16. The summed E-state index contributed by atoms with van der Waals surface area (Å²) in [4.78, 5) is 1.80. The molecule has 0 aliphatic carbocycles. The second-order valence-electron chi connectivity index (χ2n) is 4.65. The van der Waals surface area contributed by atoms with Gasteiger partial charge < -0.3 is 10.2 Å². The van der Waals surface area contributed by atoms with Gasteiger partial charge in [0.25, 0.3) is 0 Å². The number of piperidine rings is 1. The Labute approximate surface area is 96.5 Å². The van der Waals surface area contributed by atoms with Crippen molar-refractivity contribution >= 4 is 5.69 Å². The molecular weight excluding hydrogens is 203 g/mol. The second-order valence-corrected chi connectivity index (χ2v) is 4.65. The number of anilines is 1. The Morgan fingerprint density at radius 1 is 1.38 bits per heavy atom. The molecule has 2 nitrogen and oxygen atoms in total. The van der Waals surface area contributed by atoms with Gasteiger partial charge in [-0.05, 0) is 43.0 Å². The zero-order chi connectivity index (χ0) is 11.5. The molecule has 1 aromatic rings. The Balaban J connectivity index is 2.19. The van der Waals surface area contributed by atoms with Gasteiger partial charge in [0.15, 0.2) is 0 Å². The fourth-order valence-corrected chi connectivity index (χ4v) is 2.28. The Kier molecular flexibility index (Phi) is 3.44. The Bertz CT molecular complexity index is 357. The van der Waals surface area contributed by atoms with Crippen molar-refractivity contribution in [1.29, 1.82) is 0 Å². The zero-order valence-corrected chi connectivity index (χ0v) is 9.96. The van der Waals surface area contributed by atoms with Crippen molar-refractivity contribution in [2.75, 3.05) is 32.1 Å². The van der Waals surface area contributed by atoms with E-state index in [1.165, 1.54) is 6.42 Å². The first-order valence-electron chi connectivity index (χ1n) is 5.86. The molecule has 88 valence electrons. The average molecular weight is 222 g/mol. The fourth-order valence-electron chi connectivity index (χ4n) is 2.28. The van der Waals surface area contributed by atoms with E-state index in [0.717, 1.165) is 25.1 Å². The van der Waals surface area contributed by atoms with E-state index in [1.807, 2.05) is 20.2 Å². The van der Waals surface area contributed by atoms with Crippen LogP contribution in [0.25, 0.3) is 0 Å². The van der Waals surface area contributed by atoms with Gasteiger partial charge in [-0.15, -0.1) is 0 Å². The summed E-state index contributed by atoms with van der Waals surface area (Å²) >= 11 is 0. The van der Waals surface area contributed by atoms with Crippen molar-refractivity contribution < 1.29 is 4.39 Å². The van der Waals surface area contributed by atoms with Crippen LogP contribution >= 0.6 is 0 Å². The van der Waals surface area contributed by atoms with Crippen LogP contribution in [-0.4, -0.2) is 27.2 Å². The third-order valence-corrected chi connectivity index (χ3v) is 3.22. The molecule has 1 unspecified atom stereocenters. The minimum atomic E-state index is -0.118. The van der Waals surface area contributed by atoms with E-state index in [-0.39, 0.29) is 5.82 Å². The van der Waals surface area contributed by atoms with E-state index >= 15 is 0 Å². The third kappa shape index (κ3) is 2.35. The number of rotatable bonds is 2. The minimum absolute atomic E-state index is 0.118. The lowest BCUT2D eigenvalue weighted by molar-refractivity contribution is 0.460. The summed E-state index contributed by atoms with van der Waals surface area (Å²) in [7, 11) is 3.72.